The summed E-state index contributed by atoms with van der Waals surface area (Å²) in [6.07, 6.45) is 3.20. The molecule has 1 fully saturated rings. The van der Waals surface area contributed by atoms with Gasteiger partial charge in [-0.15, -0.1) is 0 Å². The molecule has 6 heteroatoms. The van der Waals surface area contributed by atoms with Crippen LogP contribution in [0.4, 0.5) is 0 Å². The third-order valence-corrected chi connectivity index (χ3v) is 4.06. The lowest BCUT2D eigenvalue weighted by Gasteiger charge is -2.25. The second kappa shape index (κ2) is 9.25. The molecule has 1 aromatic carbocycles. The monoisotopic (exact) mass is 355 g/mol. The van der Waals surface area contributed by atoms with Crippen molar-refractivity contribution in [3.63, 3.8) is 0 Å². The lowest BCUT2D eigenvalue weighted by molar-refractivity contribution is -0.134. The maximum absolute atomic E-state index is 12.3. The molecule has 1 heterocycles. The zero-order valence-electron chi connectivity index (χ0n) is 14.3. The molecule has 1 unspecified atom stereocenters. The van der Waals surface area contributed by atoms with Gasteiger partial charge in [0.15, 0.2) is 5.60 Å². The van der Waals surface area contributed by atoms with E-state index in [1.54, 1.807) is 38.1 Å². The van der Waals surface area contributed by atoms with E-state index in [0.29, 0.717) is 30.5 Å². The van der Waals surface area contributed by atoms with Gasteiger partial charge in [-0.1, -0.05) is 11.6 Å². The van der Waals surface area contributed by atoms with Gasteiger partial charge in [0.05, 0.1) is 12.7 Å². The Morgan fingerprint density at radius 2 is 2.12 bits per heavy atom. The minimum atomic E-state index is -0.952. The molecule has 2 rings (SSSR count). The van der Waals surface area contributed by atoms with E-state index in [1.165, 1.54) is 0 Å². The summed E-state index contributed by atoms with van der Waals surface area (Å²) in [5, 5.41) is 3.51. The van der Waals surface area contributed by atoms with Crippen molar-refractivity contribution < 1.29 is 19.0 Å². The van der Waals surface area contributed by atoms with Crippen molar-refractivity contribution in [2.75, 3.05) is 26.4 Å². The van der Waals surface area contributed by atoms with Crippen molar-refractivity contribution >= 4 is 17.5 Å². The van der Waals surface area contributed by atoms with Crippen LogP contribution in [0.3, 0.4) is 0 Å². The average Bonchev–Trinajstić information content (AvgIpc) is 3.06. The quantitative estimate of drug-likeness (QED) is 0.691. The molecule has 134 valence electrons. The SMILES string of the molecule is CC(C)(Oc1ccc(Cl)cc1)C(=O)NCCCOCC1CCCO1. The van der Waals surface area contributed by atoms with E-state index >= 15 is 0 Å². The molecule has 1 aliphatic heterocycles. The van der Waals surface area contributed by atoms with E-state index in [4.69, 9.17) is 25.8 Å². The Hall–Kier alpha value is -1.30. The van der Waals surface area contributed by atoms with Gasteiger partial charge in [-0.05, 0) is 57.4 Å². The third-order valence-electron chi connectivity index (χ3n) is 3.81. The highest BCUT2D eigenvalue weighted by molar-refractivity contribution is 6.30. The van der Waals surface area contributed by atoms with Gasteiger partial charge in [0.25, 0.3) is 5.91 Å². The van der Waals surface area contributed by atoms with Gasteiger partial charge in [-0.25, -0.2) is 0 Å². The van der Waals surface area contributed by atoms with Crippen molar-refractivity contribution in [1.29, 1.82) is 0 Å². The minimum Gasteiger partial charge on any atom is -0.478 e. The Bertz CT molecular complexity index is 512. The van der Waals surface area contributed by atoms with Gasteiger partial charge < -0.3 is 19.5 Å². The molecule has 0 aliphatic carbocycles. The third kappa shape index (κ3) is 6.30. The van der Waals surface area contributed by atoms with E-state index in [9.17, 15) is 4.79 Å². The van der Waals surface area contributed by atoms with Crippen molar-refractivity contribution in [1.82, 2.24) is 5.32 Å². The van der Waals surface area contributed by atoms with Crippen molar-refractivity contribution in [2.45, 2.75) is 44.8 Å². The normalized spacial score (nSPS) is 17.7. The lowest BCUT2D eigenvalue weighted by Crippen LogP contribution is -2.46. The number of amides is 1. The van der Waals surface area contributed by atoms with E-state index in [-0.39, 0.29) is 12.0 Å². The molecule has 0 bridgehead atoms. The summed E-state index contributed by atoms with van der Waals surface area (Å²) < 4.78 is 16.8. The van der Waals surface area contributed by atoms with Crippen LogP contribution in [0.5, 0.6) is 5.75 Å². The fourth-order valence-electron chi connectivity index (χ4n) is 2.42. The molecule has 1 aliphatic rings. The molecule has 0 aromatic heterocycles. The van der Waals surface area contributed by atoms with Crippen LogP contribution in [0.1, 0.15) is 33.1 Å². The summed E-state index contributed by atoms with van der Waals surface area (Å²) in [6.45, 7) is 6.12. The number of hydrogen-bond donors (Lipinski definition) is 1. The first-order valence-corrected chi connectivity index (χ1v) is 8.77. The molecule has 0 saturated carbocycles. The second-order valence-corrected chi connectivity index (χ2v) is 6.82. The number of hydrogen-bond acceptors (Lipinski definition) is 4. The molecule has 1 atom stereocenters. The Morgan fingerprint density at radius 3 is 2.79 bits per heavy atom. The first kappa shape index (κ1) is 19.0. The number of carbonyl (C=O) groups is 1. The predicted molar refractivity (Wildman–Crippen MR) is 93.6 cm³/mol. The number of nitrogens with one attached hydrogen (secondary N) is 1. The summed E-state index contributed by atoms with van der Waals surface area (Å²) in [7, 11) is 0. The first-order valence-electron chi connectivity index (χ1n) is 8.39. The van der Waals surface area contributed by atoms with Gasteiger partial charge in [0, 0.05) is 24.8 Å². The van der Waals surface area contributed by atoms with E-state index < -0.39 is 5.60 Å². The molecular weight excluding hydrogens is 330 g/mol. The van der Waals surface area contributed by atoms with Crippen LogP contribution in [0.25, 0.3) is 0 Å². The zero-order valence-corrected chi connectivity index (χ0v) is 15.1. The topological polar surface area (TPSA) is 56.8 Å². The Labute approximate surface area is 148 Å². The Morgan fingerprint density at radius 1 is 1.38 bits per heavy atom. The summed E-state index contributed by atoms with van der Waals surface area (Å²) >= 11 is 5.84. The van der Waals surface area contributed by atoms with Crippen LogP contribution in [0.15, 0.2) is 24.3 Å². The highest BCUT2D eigenvalue weighted by Crippen LogP contribution is 2.21. The van der Waals surface area contributed by atoms with Crippen LogP contribution in [0.2, 0.25) is 5.02 Å². The summed E-state index contributed by atoms with van der Waals surface area (Å²) in [5.74, 6) is 0.455. The minimum absolute atomic E-state index is 0.156. The van der Waals surface area contributed by atoms with E-state index in [0.717, 1.165) is 25.9 Å². The van der Waals surface area contributed by atoms with E-state index in [1.807, 2.05) is 0 Å². The van der Waals surface area contributed by atoms with Crippen molar-refractivity contribution in [3.8, 4) is 5.75 Å². The fourth-order valence-corrected chi connectivity index (χ4v) is 2.55. The number of benzene rings is 1. The summed E-state index contributed by atoms with van der Waals surface area (Å²) in [6, 6.07) is 6.96. The Balaban J connectivity index is 1.62. The molecule has 24 heavy (non-hydrogen) atoms. The van der Waals surface area contributed by atoms with Crippen LogP contribution in [-0.2, 0) is 14.3 Å². The van der Waals surface area contributed by atoms with Crippen LogP contribution < -0.4 is 10.1 Å². The first-order chi connectivity index (χ1) is 11.5. The molecule has 1 aromatic rings. The number of ether oxygens (including phenoxy) is 3. The standard InChI is InChI=1S/C18H26ClNO4/c1-18(2,24-15-8-6-14(19)7-9-15)17(21)20-10-4-11-22-13-16-5-3-12-23-16/h6-9,16H,3-5,10-13H2,1-2H3,(H,20,21). The smallest absolute Gasteiger partial charge is 0.263 e. The molecule has 0 radical (unpaired) electrons. The van der Waals surface area contributed by atoms with Gasteiger partial charge in [-0.2, -0.15) is 0 Å². The van der Waals surface area contributed by atoms with Crippen molar-refractivity contribution in [3.05, 3.63) is 29.3 Å². The number of carbonyl (C=O) groups excluding carboxylic acids is 1. The highest BCUT2D eigenvalue weighted by atomic mass is 35.5. The largest absolute Gasteiger partial charge is 0.478 e. The molecular formula is C18H26ClNO4. The molecule has 5 nitrogen and oxygen atoms in total. The second-order valence-electron chi connectivity index (χ2n) is 6.39. The van der Waals surface area contributed by atoms with E-state index in [2.05, 4.69) is 5.32 Å². The lowest BCUT2D eigenvalue weighted by atomic mass is 10.1. The fraction of sp³-hybridized carbons (Fsp3) is 0.611. The van der Waals surface area contributed by atoms with Crippen LogP contribution >= 0.6 is 11.6 Å². The summed E-state index contributed by atoms with van der Waals surface area (Å²) in [4.78, 5) is 12.3. The molecule has 1 saturated heterocycles. The van der Waals surface area contributed by atoms with Gasteiger partial charge in [-0.3, -0.25) is 4.79 Å². The summed E-state index contributed by atoms with van der Waals surface area (Å²) in [5.41, 5.74) is -0.952. The van der Waals surface area contributed by atoms with Crippen molar-refractivity contribution in [2.24, 2.45) is 0 Å². The number of halogens is 1. The van der Waals surface area contributed by atoms with Gasteiger partial charge in [0.1, 0.15) is 5.75 Å². The molecule has 1 N–H and O–H groups in total. The predicted octanol–water partition coefficient (Wildman–Crippen LogP) is 3.20. The molecule has 0 spiro atoms. The average molecular weight is 356 g/mol. The van der Waals surface area contributed by atoms with Crippen LogP contribution in [0, 0.1) is 0 Å². The number of rotatable bonds is 9. The zero-order chi connectivity index (χ0) is 17.4. The maximum Gasteiger partial charge on any atom is 0.263 e. The molecule has 1 amide bonds. The Kier molecular flexibility index (Phi) is 7.34. The van der Waals surface area contributed by atoms with Crippen LogP contribution in [-0.4, -0.2) is 44.0 Å². The highest BCUT2D eigenvalue weighted by Gasteiger charge is 2.29. The van der Waals surface area contributed by atoms with Gasteiger partial charge in [0.2, 0.25) is 0 Å². The maximum atomic E-state index is 12.3. The van der Waals surface area contributed by atoms with Gasteiger partial charge >= 0.3 is 0 Å².